The van der Waals surface area contributed by atoms with Crippen LogP contribution in [0.25, 0.3) is 0 Å². The molecule has 65 heavy (non-hydrogen) atoms. The smallest absolute Gasteiger partial charge is 0.261 e. The van der Waals surface area contributed by atoms with Gasteiger partial charge in [0.1, 0.15) is 36.3 Å². The van der Waals surface area contributed by atoms with Crippen LogP contribution in [0.1, 0.15) is 60.3 Å². The van der Waals surface area contributed by atoms with Crippen molar-refractivity contribution in [3.8, 4) is 0 Å². The van der Waals surface area contributed by atoms with Crippen molar-refractivity contribution in [3.05, 3.63) is 239 Å². The Hall–Kier alpha value is -5.55. The van der Waals surface area contributed by atoms with E-state index < -0.39 is 44.7 Å². The molecule has 7 aromatic carbocycles. The summed E-state index contributed by atoms with van der Waals surface area (Å²) < 4.78 is 58.2. The fourth-order valence-corrected chi connectivity index (χ4v) is 13.5. The quantitative estimate of drug-likeness (QED) is 0.0754. The summed E-state index contributed by atoms with van der Waals surface area (Å²) in [4.78, 5) is 0. The highest BCUT2D eigenvalue weighted by molar-refractivity contribution is 6.99. The summed E-state index contributed by atoms with van der Waals surface area (Å²) in [6.07, 6.45) is -3.41. The molecule has 0 bridgehead atoms. The molecule has 0 aliphatic carbocycles. The molecular formula is C57H59FO6Si. The van der Waals surface area contributed by atoms with Crippen molar-refractivity contribution in [3.63, 3.8) is 0 Å². The second-order valence-electron chi connectivity index (χ2n) is 17.7. The highest BCUT2D eigenvalue weighted by Crippen LogP contribution is 2.41. The summed E-state index contributed by atoms with van der Waals surface area (Å²) >= 11 is 0. The van der Waals surface area contributed by atoms with Crippen LogP contribution in [0.15, 0.2) is 200 Å². The second kappa shape index (κ2) is 22.1. The Kier molecular flexibility index (Phi) is 15.6. The van der Waals surface area contributed by atoms with Crippen LogP contribution in [0, 0.1) is 5.82 Å². The summed E-state index contributed by atoms with van der Waals surface area (Å²) in [5, 5.41) is 2.04. The largest absolute Gasteiger partial charge is 0.403 e. The van der Waals surface area contributed by atoms with Crippen LogP contribution in [0.3, 0.4) is 0 Å². The zero-order valence-electron chi connectivity index (χ0n) is 37.5. The minimum Gasteiger partial charge on any atom is -0.403 e. The number of benzene rings is 7. The Balaban J connectivity index is 1.18. The van der Waals surface area contributed by atoms with Gasteiger partial charge in [0.15, 0.2) is 0 Å². The van der Waals surface area contributed by atoms with Gasteiger partial charge in [-0.15, -0.1) is 0 Å². The van der Waals surface area contributed by atoms with Gasteiger partial charge in [-0.05, 0) is 60.9 Å². The molecule has 1 aliphatic rings. The average molecular weight is 887 g/mol. The van der Waals surface area contributed by atoms with Crippen LogP contribution < -0.4 is 10.4 Å². The first kappa shape index (κ1) is 46.0. The van der Waals surface area contributed by atoms with Crippen molar-refractivity contribution in [2.24, 2.45) is 0 Å². The van der Waals surface area contributed by atoms with Gasteiger partial charge in [0.25, 0.3) is 8.32 Å². The van der Waals surface area contributed by atoms with Gasteiger partial charge in [-0.2, -0.15) is 0 Å². The van der Waals surface area contributed by atoms with Gasteiger partial charge in [0.05, 0.1) is 39.6 Å². The van der Waals surface area contributed by atoms with Crippen molar-refractivity contribution in [1.29, 1.82) is 0 Å². The Bertz CT molecular complexity index is 2430. The van der Waals surface area contributed by atoms with Gasteiger partial charge in [-0.25, -0.2) is 4.39 Å². The van der Waals surface area contributed by atoms with E-state index in [1.165, 1.54) is 0 Å². The maximum atomic E-state index is 16.4. The minimum atomic E-state index is -2.96. The van der Waals surface area contributed by atoms with E-state index in [9.17, 15) is 0 Å². The van der Waals surface area contributed by atoms with E-state index in [4.69, 9.17) is 28.1 Å². The van der Waals surface area contributed by atoms with Crippen LogP contribution in [0.4, 0.5) is 4.39 Å². The molecule has 0 unspecified atom stereocenters. The molecule has 334 valence electrons. The molecule has 0 radical (unpaired) electrons. The Labute approximate surface area is 385 Å². The van der Waals surface area contributed by atoms with Crippen molar-refractivity contribution in [1.82, 2.24) is 0 Å². The first-order valence-corrected chi connectivity index (χ1v) is 24.5. The zero-order valence-corrected chi connectivity index (χ0v) is 38.5. The van der Waals surface area contributed by atoms with E-state index in [2.05, 4.69) is 69.3 Å². The molecule has 6 nitrogen and oxygen atoms in total. The lowest BCUT2D eigenvalue weighted by Gasteiger charge is -2.46. The third-order valence-electron chi connectivity index (χ3n) is 12.1. The van der Waals surface area contributed by atoms with Gasteiger partial charge < -0.3 is 28.1 Å². The van der Waals surface area contributed by atoms with Crippen molar-refractivity contribution in [2.75, 3.05) is 6.61 Å². The number of hydrogen-bond acceptors (Lipinski definition) is 6. The van der Waals surface area contributed by atoms with E-state index in [1.807, 2.05) is 140 Å². The standard InChI is InChI=1S/C57H59FO6Si/c1-57(2,3)65(50-30-18-8-19-31-50,51-32-20-9-21-33-51)63-41-47-34-48(36-49(58)35-47)53-55(61-39-45-26-14-6-15-27-45)56(62-40-46-28-16-7-17-29-46)54(60-38-44-24-12-5-13-25-44)52(64-53)42-59-37-43-22-10-4-11-23-43/h4-36,52-56H,37-42H2,1-3H3/t52-,53+,54-,55+,56+/m1/s1. The fourth-order valence-electron chi connectivity index (χ4n) is 8.93. The van der Waals surface area contributed by atoms with Crippen LogP contribution in [0.5, 0.6) is 0 Å². The van der Waals surface area contributed by atoms with E-state index in [0.29, 0.717) is 30.9 Å². The molecule has 0 saturated carbocycles. The van der Waals surface area contributed by atoms with Gasteiger partial charge in [-0.3, -0.25) is 0 Å². The molecule has 1 heterocycles. The molecule has 0 spiro atoms. The van der Waals surface area contributed by atoms with E-state index in [-0.39, 0.29) is 24.9 Å². The highest BCUT2D eigenvalue weighted by Gasteiger charge is 2.51. The van der Waals surface area contributed by atoms with E-state index in [0.717, 1.165) is 32.6 Å². The highest BCUT2D eigenvalue weighted by atomic mass is 28.4. The molecule has 8 rings (SSSR count). The van der Waals surface area contributed by atoms with Crippen LogP contribution in [-0.2, 0) is 61.1 Å². The van der Waals surface area contributed by atoms with Crippen LogP contribution in [-0.4, -0.2) is 39.3 Å². The lowest BCUT2D eigenvalue weighted by molar-refractivity contribution is -0.275. The maximum Gasteiger partial charge on any atom is 0.261 e. The molecule has 0 N–H and O–H groups in total. The summed E-state index contributed by atoms with van der Waals surface area (Å²) in [6.45, 7) is 8.37. The lowest BCUT2D eigenvalue weighted by Crippen LogP contribution is -2.66. The fraction of sp³-hybridized carbons (Fsp3) is 0.263. The third kappa shape index (κ3) is 11.6. The molecule has 1 saturated heterocycles. The van der Waals surface area contributed by atoms with Crippen LogP contribution in [0.2, 0.25) is 5.04 Å². The molecule has 8 heteroatoms. The predicted molar refractivity (Wildman–Crippen MR) is 258 cm³/mol. The predicted octanol–water partition coefficient (Wildman–Crippen LogP) is 11.3. The van der Waals surface area contributed by atoms with E-state index in [1.54, 1.807) is 12.1 Å². The Morgan fingerprint density at radius 2 is 0.877 bits per heavy atom. The van der Waals surface area contributed by atoms with Gasteiger partial charge in [0.2, 0.25) is 0 Å². The molecule has 5 atom stereocenters. The number of hydrogen-bond donors (Lipinski definition) is 0. The number of ether oxygens (including phenoxy) is 5. The topological polar surface area (TPSA) is 55.4 Å². The third-order valence-corrected chi connectivity index (χ3v) is 17.0. The first-order valence-electron chi connectivity index (χ1n) is 22.5. The lowest BCUT2D eigenvalue weighted by atomic mass is 9.89. The van der Waals surface area contributed by atoms with Gasteiger partial charge in [0, 0.05) is 0 Å². The molecule has 0 aromatic heterocycles. The molecule has 0 amide bonds. The maximum absolute atomic E-state index is 16.4. The van der Waals surface area contributed by atoms with Crippen molar-refractivity contribution in [2.45, 2.75) is 89.4 Å². The summed E-state index contributed by atoms with van der Waals surface area (Å²) in [5.41, 5.74) is 5.36. The first-order chi connectivity index (χ1) is 31.8. The van der Waals surface area contributed by atoms with Gasteiger partial charge >= 0.3 is 0 Å². The normalized spacial score (nSPS) is 18.9. The van der Waals surface area contributed by atoms with Crippen LogP contribution >= 0.6 is 0 Å². The second-order valence-corrected chi connectivity index (χ2v) is 22.0. The van der Waals surface area contributed by atoms with Gasteiger partial charge in [-0.1, -0.05) is 209 Å². The Morgan fingerprint density at radius 3 is 1.34 bits per heavy atom. The molecule has 1 aliphatic heterocycles. The van der Waals surface area contributed by atoms with Crippen molar-refractivity contribution >= 4 is 18.7 Å². The summed E-state index contributed by atoms with van der Waals surface area (Å²) in [5.74, 6) is -0.393. The minimum absolute atomic E-state index is 0.181. The Morgan fingerprint density at radius 1 is 0.462 bits per heavy atom. The monoisotopic (exact) mass is 886 g/mol. The summed E-state index contributed by atoms with van der Waals surface area (Å²) in [6, 6.07) is 66.4. The molecule has 1 fully saturated rings. The average Bonchev–Trinajstić information content (AvgIpc) is 3.34. The molecular weight excluding hydrogens is 828 g/mol. The van der Waals surface area contributed by atoms with Crippen molar-refractivity contribution < 1.29 is 32.5 Å². The molecule has 7 aromatic rings. The number of halogens is 1. The summed E-state index contributed by atoms with van der Waals surface area (Å²) in [7, 11) is -2.96. The van der Waals surface area contributed by atoms with E-state index >= 15 is 4.39 Å². The number of rotatable bonds is 19. The SMILES string of the molecule is CC(C)(C)[Si](OCc1cc(F)cc([C@@H]2O[C@H](COCc3ccccc3)[C@@H](OCc3ccccc3)[C@H](OCc3ccccc3)[C@H]2OCc2ccccc2)c1)(c1ccccc1)c1ccccc1. The zero-order chi connectivity index (χ0) is 44.9.